The van der Waals surface area contributed by atoms with Gasteiger partial charge >= 0.3 is 0 Å². The maximum atomic E-state index is 13.7. The van der Waals surface area contributed by atoms with Crippen LogP contribution in [0.15, 0.2) is 43.0 Å². The third-order valence-electron chi connectivity index (χ3n) is 3.58. The maximum Gasteiger partial charge on any atom is 0.179 e. The zero-order valence-corrected chi connectivity index (χ0v) is 16.3. The first-order valence-electron chi connectivity index (χ1n) is 8.26. The summed E-state index contributed by atoms with van der Waals surface area (Å²) in [5, 5.41) is 4.27. The van der Waals surface area contributed by atoms with Crippen molar-refractivity contribution < 1.29 is 9.13 Å². The Bertz CT molecular complexity index is 805. The second-order valence-electron chi connectivity index (χ2n) is 6.97. The summed E-state index contributed by atoms with van der Waals surface area (Å²) in [4.78, 5) is 8.81. The fraction of sp³-hybridized carbons (Fsp3) is 0.389. The smallest absolute Gasteiger partial charge is 0.179 e. The van der Waals surface area contributed by atoms with Crippen LogP contribution in [0.5, 0.6) is 0 Å². The molecule has 0 N–H and O–H groups in total. The summed E-state index contributed by atoms with van der Waals surface area (Å²) in [5.41, 5.74) is 1.95. The van der Waals surface area contributed by atoms with Crippen molar-refractivity contribution in [2.75, 3.05) is 6.61 Å². The van der Waals surface area contributed by atoms with Crippen molar-refractivity contribution >= 4 is 24.8 Å². The number of rotatable bonds is 8. The molecule has 2 aromatic rings. The minimum absolute atomic E-state index is 0.312. The predicted octanol–water partition coefficient (Wildman–Crippen LogP) is 4.58. The van der Waals surface area contributed by atoms with Gasteiger partial charge in [0.15, 0.2) is 5.65 Å². The van der Waals surface area contributed by atoms with E-state index in [-0.39, 0.29) is 0 Å². The number of ether oxygens (including phenoxy) is 1. The van der Waals surface area contributed by atoms with E-state index in [1.807, 2.05) is 13.0 Å². The van der Waals surface area contributed by atoms with E-state index in [1.54, 1.807) is 23.0 Å². The number of allylic oxidation sites excluding steroid dienone is 5. The lowest BCUT2D eigenvalue weighted by molar-refractivity contribution is 0.0813. The zero-order chi connectivity index (χ0) is 18.4. The number of fused-ring (bicyclic) bond motifs is 1. The lowest BCUT2D eigenvalue weighted by Gasteiger charge is -2.15. The summed E-state index contributed by atoms with van der Waals surface area (Å²) in [7, 11) is -1.11. The van der Waals surface area contributed by atoms with Gasteiger partial charge in [-0.05, 0) is 13.0 Å². The van der Waals surface area contributed by atoms with Crippen molar-refractivity contribution in [2.24, 2.45) is 0 Å². The molecule has 2 heterocycles. The highest BCUT2D eigenvalue weighted by atomic mass is 28.3. The van der Waals surface area contributed by atoms with Crippen LogP contribution in [0.4, 0.5) is 4.39 Å². The molecular formula is C18H25FN4OSi. The molecule has 0 aliphatic carbocycles. The summed E-state index contributed by atoms with van der Waals surface area (Å²) in [6, 6.07) is 1.10. The Hall–Kier alpha value is -2.12. The summed E-state index contributed by atoms with van der Waals surface area (Å²) >= 11 is 0. The van der Waals surface area contributed by atoms with E-state index in [9.17, 15) is 4.39 Å². The fourth-order valence-corrected chi connectivity index (χ4v) is 2.88. The van der Waals surface area contributed by atoms with Gasteiger partial charge in [0.1, 0.15) is 18.1 Å². The highest BCUT2D eigenvalue weighted by Crippen LogP contribution is 2.22. The molecule has 2 rings (SSSR count). The van der Waals surface area contributed by atoms with Crippen LogP contribution < -0.4 is 0 Å². The third-order valence-corrected chi connectivity index (χ3v) is 5.28. The van der Waals surface area contributed by atoms with Crippen LogP contribution in [0.3, 0.4) is 0 Å². The van der Waals surface area contributed by atoms with Gasteiger partial charge in [-0.25, -0.2) is 19.0 Å². The second-order valence-corrected chi connectivity index (χ2v) is 12.6. The lowest BCUT2D eigenvalue weighted by Crippen LogP contribution is -2.22. The van der Waals surface area contributed by atoms with Crippen molar-refractivity contribution in [3.8, 4) is 0 Å². The van der Waals surface area contributed by atoms with Gasteiger partial charge in [0.25, 0.3) is 0 Å². The quantitative estimate of drug-likeness (QED) is 0.393. The van der Waals surface area contributed by atoms with E-state index in [0.29, 0.717) is 35.8 Å². The number of nitrogens with zero attached hydrogens (tertiary/aromatic N) is 4. The highest BCUT2D eigenvalue weighted by Gasteiger charge is 2.14. The van der Waals surface area contributed by atoms with Crippen LogP contribution in [0.25, 0.3) is 16.7 Å². The van der Waals surface area contributed by atoms with E-state index in [4.69, 9.17) is 4.74 Å². The zero-order valence-electron chi connectivity index (χ0n) is 15.3. The van der Waals surface area contributed by atoms with Crippen LogP contribution in [0.2, 0.25) is 25.7 Å². The molecular weight excluding hydrogens is 335 g/mol. The average Bonchev–Trinajstić information content (AvgIpc) is 2.93. The molecule has 2 aromatic heterocycles. The Morgan fingerprint density at radius 2 is 2.12 bits per heavy atom. The molecule has 0 fully saturated rings. The molecule has 0 aromatic carbocycles. The van der Waals surface area contributed by atoms with Gasteiger partial charge in [0.05, 0.1) is 18.1 Å². The summed E-state index contributed by atoms with van der Waals surface area (Å²) in [5.74, 6) is -0.547. The van der Waals surface area contributed by atoms with Gasteiger partial charge in [-0.15, -0.1) is 0 Å². The van der Waals surface area contributed by atoms with Gasteiger partial charge in [0.2, 0.25) is 0 Å². The van der Waals surface area contributed by atoms with E-state index in [1.165, 1.54) is 6.20 Å². The van der Waals surface area contributed by atoms with E-state index < -0.39 is 13.9 Å². The molecule has 25 heavy (non-hydrogen) atoms. The highest BCUT2D eigenvalue weighted by molar-refractivity contribution is 6.76. The third kappa shape index (κ3) is 5.44. The molecule has 7 heteroatoms. The first kappa shape index (κ1) is 19.2. The van der Waals surface area contributed by atoms with Crippen molar-refractivity contribution in [2.45, 2.75) is 39.3 Å². The molecule has 0 spiro atoms. The van der Waals surface area contributed by atoms with E-state index in [0.717, 1.165) is 6.04 Å². The Morgan fingerprint density at radius 1 is 1.36 bits per heavy atom. The SMILES string of the molecule is C=C(F)/C(=C\C=C/C)c1cnc2c(cnn2COCC[Si](C)(C)C)n1. The number of aromatic nitrogens is 4. The van der Waals surface area contributed by atoms with Crippen molar-refractivity contribution in [1.29, 1.82) is 0 Å². The maximum absolute atomic E-state index is 13.7. The molecule has 0 unspecified atom stereocenters. The molecule has 0 atom stereocenters. The molecule has 0 saturated carbocycles. The fourth-order valence-electron chi connectivity index (χ4n) is 2.12. The molecule has 134 valence electrons. The largest absolute Gasteiger partial charge is 0.359 e. The molecule has 0 radical (unpaired) electrons. The van der Waals surface area contributed by atoms with Gasteiger partial charge in [-0.2, -0.15) is 5.10 Å². The predicted molar refractivity (Wildman–Crippen MR) is 102 cm³/mol. The minimum atomic E-state index is -1.11. The van der Waals surface area contributed by atoms with E-state index in [2.05, 4.69) is 41.3 Å². The van der Waals surface area contributed by atoms with Gasteiger partial charge in [-0.3, -0.25) is 0 Å². The standard InChI is InChI=1S/C18H25FN4OSi/c1-6-7-8-15(14(2)19)16-11-20-18-17(22-16)12-21-23(18)13-24-9-10-25(3,4)5/h6-8,11-12H,2,9-10,13H2,1,3-5H3/b7-6-,15-8+. The normalized spacial score (nSPS) is 13.1. The first-order valence-corrected chi connectivity index (χ1v) is 12.0. The molecule has 0 amide bonds. The molecule has 0 bridgehead atoms. The Labute approximate surface area is 148 Å². The molecule has 0 aliphatic heterocycles. The number of hydrogen-bond donors (Lipinski definition) is 0. The summed E-state index contributed by atoms with van der Waals surface area (Å²) in [6.07, 6.45) is 8.32. The molecule has 0 saturated heterocycles. The summed E-state index contributed by atoms with van der Waals surface area (Å²) < 4.78 is 21.0. The van der Waals surface area contributed by atoms with Crippen molar-refractivity contribution in [1.82, 2.24) is 19.7 Å². The van der Waals surface area contributed by atoms with E-state index >= 15 is 0 Å². The monoisotopic (exact) mass is 360 g/mol. The average molecular weight is 361 g/mol. The molecule has 5 nitrogen and oxygen atoms in total. The van der Waals surface area contributed by atoms with Crippen LogP contribution in [-0.2, 0) is 11.5 Å². The number of halogens is 1. The Balaban J connectivity index is 2.16. The van der Waals surface area contributed by atoms with Crippen LogP contribution in [0, 0.1) is 0 Å². The minimum Gasteiger partial charge on any atom is -0.359 e. The van der Waals surface area contributed by atoms with Crippen molar-refractivity contribution in [3.63, 3.8) is 0 Å². The Kier molecular flexibility index (Phi) is 6.38. The first-order chi connectivity index (χ1) is 11.8. The second kappa shape index (κ2) is 8.31. The topological polar surface area (TPSA) is 52.8 Å². The Morgan fingerprint density at radius 3 is 2.76 bits per heavy atom. The van der Waals surface area contributed by atoms with Crippen LogP contribution in [-0.4, -0.2) is 34.4 Å². The van der Waals surface area contributed by atoms with Crippen molar-refractivity contribution in [3.05, 3.63) is 48.7 Å². The lowest BCUT2D eigenvalue weighted by atomic mass is 10.1. The van der Waals surface area contributed by atoms with Gasteiger partial charge in [-0.1, -0.05) is 44.4 Å². The van der Waals surface area contributed by atoms with Crippen LogP contribution in [0.1, 0.15) is 12.6 Å². The number of hydrogen-bond acceptors (Lipinski definition) is 4. The summed E-state index contributed by atoms with van der Waals surface area (Å²) in [6.45, 7) is 13.2. The van der Waals surface area contributed by atoms with Gasteiger partial charge in [0, 0.05) is 20.3 Å². The molecule has 0 aliphatic rings. The van der Waals surface area contributed by atoms with Crippen LogP contribution >= 0.6 is 0 Å². The van der Waals surface area contributed by atoms with Gasteiger partial charge < -0.3 is 4.74 Å².